The predicted molar refractivity (Wildman–Crippen MR) is 36.8 cm³/mol. The number of hydrogen-bond acceptors (Lipinski definition) is 2. The summed E-state index contributed by atoms with van der Waals surface area (Å²) in [6.07, 6.45) is -12.6. The summed E-state index contributed by atoms with van der Waals surface area (Å²) in [5.41, 5.74) is -1.97. The van der Waals surface area contributed by atoms with Gasteiger partial charge in [-0.15, -0.1) is 0 Å². The lowest BCUT2D eigenvalue weighted by Gasteiger charge is -2.17. The molecule has 0 amide bonds. The normalized spacial score (nSPS) is 14.6. The van der Waals surface area contributed by atoms with Gasteiger partial charge in [-0.05, 0) is 6.92 Å². The zero-order valence-corrected chi connectivity index (χ0v) is 7.37. The molecule has 2 nitrogen and oxygen atoms in total. The quantitative estimate of drug-likeness (QED) is 0.418. The Bertz CT molecular complexity index is 264. The monoisotopic (exact) mass is 236 g/mol. The molecule has 0 aromatic carbocycles. The van der Waals surface area contributed by atoms with E-state index in [0.717, 1.165) is 0 Å². The molecular weight excluding hydrogens is 230 g/mol. The Balaban J connectivity index is 4.47. The van der Waals surface area contributed by atoms with Crippen molar-refractivity contribution in [1.29, 1.82) is 0 Å². The Morgan fingerprint density at radius 3 is 1.87 bits per heavy atom. The van der Waals surface area contributed by atoms with Gasteiger partial charge in [-0.1, -0.05) is 6.58 Å². The summed E-state index contributed by atoms with van der Waals surface area (Å²) in [5, 5.41) is 0. The molecule has 0 aliphatic heterocycles. The number of halogens is 6. The van der Waals surface area contributed by atoms with Crippen LogP contribution >= 0.6 is 0 Å². The molecule has 0 heterocycles. The molecule has 0 spiro atoms. The van der Waals surface area contributed by atoms with Crippen LogP contribution in [0.5, 0.6) is 0 Å². The van der Waals surface area contributed by atoms with E-state index in [9.17, 15) is 31.1 Å². The Hall–Kier alpha value is -1.21. The first-order valence-corrected chi connectivity index (χ1v) is 3.50. The average Bonchev–Trinajstić information content (AvgIpc) is 1.99. The highest BCUT2D eigenvalue weighted by molar-refractivity contribution is 5.89. The van der Waals surface area contributed by atoms with Crippen LogP contribution in [-0.4, -0.2) is 24.4 Å². The van der Waals surface area contributed by atoms with Crippen LogP contribution in [0, 0.1) is 0 Å². The van der Waals surface area contributed by atoms with E-state index < -0.39 is 30.0 Å². The molecule has 0 saturated heterocycles. The van der Waals surface area contributed by atoms with Crippen LogP contribution in [0.15, 0.2) is 12.2 Å². The molecule has 88 valence electrons. The molecule has 0 N–H and O–H groups in total. The first-order chi connectivity index (χ1) is 6.46. The number of esters is 1. The van der Waals surface area contributed by atoms with E-state index in [2.05, 4.69) is 11.3 Å². The zero-order valence-electron chi connectivity index (χ0n) is 7.37. The fourth-order valence-electron chi connectivity index (χ4n) is 0.414. The Kier molecular flexibility index (Phi) is 3.78. The van der Waals surface area contributed by atoms with Crippen LogP contribution in [-0.2, 0) is 9.53 Å². The van der Waals surface area contributed by atoms with E-state index in [1.807, 2.05) is 0 Å². The van der Waals surface area contributed by atoms with E-state index in [-0.39, 0.29) is 0 Å². The van der Waals surface area contributed by atoms with Crippen molar-refractivity contribution in [3.05, 3.63) is 12.2 Å². The standard InChI is InChI=1S/C7H6F6O2/c1-3(6(8,9)10)5(14)15-4(2)7(11,12)13/h4H,1H2,2H3. The lowest BCUT2D eigenvalue weighted by atomic mass is 10.3. The van der Waals surface area contributed by atoms with Gasteiger partial charge < -0.3 is 4.74 Å². The third-order valence-corrected chi connectivity index (χ3v) is 1.33. The third-order valence-electron chi connectivity index (χ3n) is 1.33. The predicted octanol–water partition coefficient (Wildman–Crippen LogP) is 2.60. The topological polar surface area (TPSA) is 26.3 Å². The summed E-state index contributed by atoms with van der Waals surface area (Å²) in [5.74, 6) is -2.13. The van der Waals surface area contributed by atoms with Gasteiger partial charge in [0.15, 0.2) is 6.10 Å². The molecule has 15 heavy (non-hydrogen) atoms. The lowest BCUT2D eigenvalue weighted by Crippen LogP contribution is -2.33. The lowest BCUT2D eigenvalue weighted by molar-refractivity contribution is -0.216. The van der Waals surface area contributed by atoms with Crippen molar-refractivity contribution in [3.63, 3.8) is 0 Å². The Morgan fingerprint density at radius 2 is 1.60 bits per heavy atom. The summed E-state index contributed by atoms with van der Waals surface area (Å²) in [6.45, 7) is 2.71. The minimum absolute atomic E-state index is 0.418. The van der Waals surface area contributed by atoms with Crippen LogP contribution in [0.25, 0.3) is 0 Å². The molecule has 0 bridgehead atoms. The van der Waals surface area contributed by atoms with Crippen molar-refractivity contribution >= 4 is 5.97 Å². The van der Waals surface area contributed by atoms with Gasteiger partial charge in [0.1, 0.15) is 5.57 Å². The molecule has 0 radical (unpaired) electrons. The zero-order chi connectivity index (χ0) is 12.4. The van der Waals surface area contributed by atoms with E-state index in [1.165, 1.54) is 0 Å². The van der Waals surface area contributed by atoms with Crippen LogP contribution < -0.4 is 0 Å². The smallest absolute Gasteiger partial charge is 0.425 e. The highest BCUT2D eigenvalue weighted by Crippen LogP contribution is 2.28. The van der Waals surface area contributed by atoms with Crippen LogP contribution in [0.1, 0.15) is 6.92 Å². The molecule has 1 unspecified atom stereocenters. The van der Waals surface area contributed by atoms with Gasteiger partial charge >= 0.3 is 18.3 Å². The van der Waals surface area contributed by atoms with Gasteiger partial charge in [-0.2, -0.15) is 26.3 Å². The molecule has 0 aromatic heterocycles. The summed E-state index contributed by atoms with van der Waals surface area (Å²) in [7, 11) is 0. The first-order valence-electron chi connectivity index (χ1n) is 3.50. The molecular formula is C7H6F6O2. The van der Waals surface area contributed by atoms with Crippen molar-refractivity contribution in [1.82, 2.24) is 0 Å². The maximum absolute atomic E-state index is 11.8. The van der Waals surface area contributed by atoms with Gasteiger partial charge in [-0.3, -0.25) is 0 Å². The largest absolute Gasteiger partial charge is 0.449 e. The van der Waals surface area contributed by atoms with E-state index in [4.69, 9.17) is 0 Å². The average molecular weight is 236 g/mol. The fourth-order valence-corrected chi connectivity index (χ4v) is 0.414. The number of carbonyl (C=O) groups is 1. The Morgan fingerprint density at radius 1 is 1.20 bits per heavy atom. The first kappa shape index (κ1) is 13.8. The van der Waals surface area contributed by atoms with Gasteiger partial charge in [-0.25, -0.2) is 4.79 Å². The van der Waals surface area contributed by atoms with E-state index >= 15 is 0 Å². The number of rotatable bonds is 2. The number of ether oxygens (including phenoxy) is 1. The van der Waals surface area contributed by atoms with Crippen LogP contribution in [0.2, 0.25) is 0 Å². The van der Waals surface area contributed by atoms with E-state index in [1.54, 1.807) is 0 Å². The van der Waals surface area contributed by atoms with Crippen molar-refractivity contribution in [2.45, 2.75) is 25.4 Å². The van der Waals surface area contributed by atoms with Crippen molar-refractivity contribution in [2.75, 3.05) is 0 Å². The summed E-state index contributed by atoms with van der Waals surface area (Å²) >= 11 is 0. The SMILES string of the molecule is C=C(C(=O)OC(C)C(F)(F)F)C(F)(F)F. The molecule has 1 atom stereocenters. The second kappa shape index (κ2) is 4.11. The van der Waals surface area contributed by atoms with Crippen LogP contribution in [0.4, 0.5) is 26.3 Å². The van der Waals surface area contributed by atoms with Gasteiger partial charge in [0, 0.05) is 0 Å². The van der Waals surface area contributed by atoms with E-state index in [0.29, 0.717) is 6.92 Å². The fraction of sp³-hybridized carbons (Fsp3) is 0.571. The molecule has 0 aliphatic rings. The van der Waals surface area contributed by atoms with Gasteiger partial charge in [0.05, 0.1) is 0 Å². The molecule has 8 heteroatoms. The molecule has 0 rings (SSSR count). The van der Waals surface area contributed by atoms with Crippen molar-refractivity contribution < 1.29 is 35.9 Å². The summed E-state index contributed by atoms with van der Waals surface area (Å²) in [4.78, 5) is 10.5. The highest BCUT2D eigenvalue weighted by Gasteiger charge is 2.43. The maximum atomic E-state index is 11.8. The molecule has 0 aromatic rings. The van der Waals surface area contributed by atoms with Crippen molar-refractivity contribution in [3.8, 4) is 0 Å². The summed E-state index contributed by atoms with van der Waals surface area (Å²) in [6, 6.07) is 0. The number of carbonyl (C=O) groups excluding carboxylic acids is 1. The summed E-state index contributed by atoms with van der Waals surface area (Å²) < 4.78 is 74.2. The maximum Gasteiger partial charge on any atom is 0.425 e. The minimum Gasteiger partial charge on any atom is -0.449 e. The molecule has 0 fully saturated rings. The number of hydrogen-bond donors (Lipinski definition) is 0. The van der Waals surface area contributed by atoms with Gasteiger partial charge in [0.25, 0.3) is 0 Å². The highest BCUT2D eigenvalue weighted by atomic mass is 19.4. The van der Waals surface area contributed by atoms with Gasteiger partial charge in [0.2, 0.25) is 0 Å². The molecule has 0 aliphatic carbocycles. The Labute approximate surface area is 80.5 Å². The minimum atomic E-state index is -5.09. The second-order valence-corrected chi connectivity index (χ2v) is 2.57. The second-order valence-electron chi connectivity index (χ2n) is 2.57. The third kappa shape index (κ3) is 4.22. The molecule has 0 saturated carbocycles. The van der Waals surface area contributed by atoms with Crippen LogP contribution in [0.3, 0.4) is 0 Å². The number of alkyl halides is 6. The van der Waals surface area contributed by atoms with Crippen molar-refractivity contribution in [2.24, 2.45) is 0 Å².